The fourth-order valence-corrected chi connectivity index (χ4v) is 2.76. The summed E-state index contributed by atoms with van der Waals surface area (Å²) in [5, 5.41) is 14.1. The molecule has 1 saturated heterocycles. The molecule has 1 heterocycles. The van der Waals surface area contributed by atoms with Crippen molar-refractivity contribution in [1.82, 2.24) is 15.5 Å². The van der Waals surface area contributed by atoms with Crippen LogP contribution in [0.2, 0.25) is 0 Å². The quantitative estimate of drug-likeness (QED) is 0.607. The third-order valence-electron chi connectivity index (χ3n) is 4.37. The first-order valence-corrected chi connectivity index (χ1v) is 8.50. The third-order valence-corrected chi connectivity index (χ3v) is 4.37. The number of hydrogen-bond donors (Lipinski definition) is 3. The van der Waals surface area contributed by atoms with Gasteiger partial charge in [-0.3, -0.25) is 14.5 Å². The maximum absolute atomic E-state index is 12.5. The van der Waals surface area contributed by atoms with Crippen LogP contribution >= 0.6 is 0 Å². The molecule has 26 heavy (non-hydrogen) atoms. The number of hydrogen-bond acceptors (Lipinski definition) is 4. The molecule has 8 nitrogen and oxygen atoms in total. The number of carbonyl (C=O) groups excluding carboxylic acids is 3. The highest BCUT2D eigenvalue weighted by Crippen LogP contribution is 2.23. The molecule has 3 N–H and O–H groups in total. The molecule has 1 aromatic carbocycles. The van der Waals surface area contributed by atoms with E-state index < -0.39 is 29.4 Å². The molecule has 0 saturated carbocycles. The minimum Gasteiger partial charge on any atom is -0.478 e. The molecule has 0 bridgehead atoms. The normalized spacial score (nSPS) is 19.4. The lowest BCUT2D eigenvalue weighted by atomic mass is 9.95. The van der Waals surface area contributed by atoms with Crippen molar-refractivity contribution in [2.45, 2.75) is 45.2 Å². The number of carboxylic acids is 1. The Kier molecular flexibility index (Phi) is 5.97. The molecule has 0 aromatic heterocycles. The zero-order valence-corrected chi connectivity index (χ0v) is 14.9. The number of amides is 4. The molecule has 0 radical (unpaired) electrons. The van der Waals surface area contributed by atoms with Gasteiger partial charge in [-0.2, -0.15) is 0 Å². The summed E-state index contributed by atoms with van der Waals surface area (Å²) in [6, 6.07) is 5.52. The molecule has 4 amide bonds. The first-order chi connectivity index (χ1) is 12.3. The Morgan fingerprint density at radius 1 is 1.23 bits per heavy atom. The molecule has 1 fully saturated rings. The number of nitrogens with one attached hydrogen (secondary N) is 2. The second-order valence-corrected chi connectivity index (χ2v) is 6.54. The SMILES string of the molecule is CCCCC1(C)NC(=O)N(CC(=O)NCc2ccc(C(=O)O)cc2)C1=O. The number of rotatable bonds is 8. The summed E-state index contributed by atoms with van der Waals surface area (Å²) in [7, 11) is 0. The van der Waals surface area contributed by atoms with Crippen LogP contribution in [0.15, 0.2) is 24.3 Å². The highest BCUT2D eigenvalue weighted by atomic mass is 16.4. The van der Waals surface area contributed by atoms with E-state index in [4.69, 9.17) is 5.11 Å². The predicted octanol–water partition coefficient (Wildman–Crippen LogP) is 1.50. The van der Waals surface area contributed by atoms with E-state index in [1.54, 1.807) is 19.1 Å². The zero-order chi connectivity index (χ0) is 19.3. The van der Waals surface area contributed by atoms with Crippen LogP contribution in [0.4, 0.5) is 4.79 Å². The molecular formula is C18H23N3O5. The van der Waals surface area contributed by atoms with E-state index in [9.17, 15) is 19.2 Å². The lowest BCUT2D eigenvalue weighted by Crippen LogP contribution is -2.45. The van der Waals surface area contributed by atoms with Crippen LogP contribution in [0.5, 0.6) is 0 Å². The fourth-order valence-electron chi connectivity index (χ4n) is 2.76. The molecule has 1 aliphatic heterocycles. The molecule has 0 aliphatic carbocycles. The maximum atomic E-state index is 12.5. The van der Waals surface area contributed by atoms with Gasteiger partial charge in [0.25, 0.3) is 5.91 Å². The van der Waals surface area contributed by atoms with Crippen LogP contribution in [0.1, 0.15) is 49.0 Å². The summed E-state index contributed by atoms with van der Waals surface area (Å²) in [5.74, 6) is -1.88. The highest BCUT2D eigenvalue weighted by molar-refractivity contribution is 6.08. The number of aromatic carboxylic acids is 1. The van der Waals surface area contributed by atoms with Crippen molar-refractivity contribution < 1.29 is 24.3 Å². The van der Waals surface area contributed by atoms with Gasteiger partial charge in [0.05, 0.1) is 5.56 Å². The summed E-state index contributed by atoms with van der Waals surface area (Å²) in [6.07, 6.45) is 2.23. The molecule has 1 unspecified atom stereocenters. The summed E-state index contributed by atoms with van der Waals surface area (Å²) in [6.45, 7) is 3.50. The van der Waals surface area contributed by atoms with Crippen molar-refractivity contribution in [3.8, 4) is 0 Å². The molecule has 2 rings (SSSR count). The lowest BCUT2D eigenvalue weighted by Gasteiger charge is -2.21. The average Bonchev–Trinajstić information content (AvgIpc) is 2.82. The Bertz CT molecular complexity index is 716. The van der Waals surface area contributed by atoms with E-state index in [1.165, 1.54) is 12.1 Å². The summed E-state index contributed by atoms with van der Waals surface area (Å²) < 4.78 is 0. The van der Waals surface area contributed by atoms with Crippen molar-refractivity contribution in [1.29, 1.82) is 0 Å². The van der Waals surface area contributed by atoms with Crippen LogP contribution in [-0.4, -0.2) is 45.9 Å². The van der Waals surface area contributed by atoms with Crippen molar-refractivity contribution in [3.05, 3.63) is 35.4 Å². The number of imide groups is 1. The van der Waals surface area contributed by atoms with Crippen LogP contribution in [0.3, 0.4) is 0 Å². The average molecular weight is 361 g/mol. The van der Waals surface area contributed by atoms with Gasteiger partial charge < -0.3 is 15.7 Å². The van der Waals surface area contributed by atoms with Gasteiger partial charge in [0, 0.05) is 6.54 Å². The number of benzene rings is 1. The molecule has 8 heteroatoms. The molecule has 140 valence electrons. The molecule has 1 aliphatic rings. The van der Waals surface area contributed by atoms with Crippen molar-refractivity contribution in [2.75, 3.05) is 6.54 Å². The summed E-state index contributed by atoms with van der Waals surface area (Å²) in [4.78, 5) is 48.3. The van der Waals surface area contributed by atoms with E-state index in [1.807, 2.05) is 6.92 Å². The molecular weight excluding hydrogens is 338 g/mol. The van der Waals surface area contributed by atoms with Gasteiger partial charge in [-0.05, 0) is 31.0 Å². The van der Waals surface area contributed by atoms with Gasteiger partial charge >= 0.3 is 12.0 Å². The molecule has 1 atom stereocenters. The van der Waals surface area contributed by atoms with E-state index in [0.29, 0.717) is 12.0 Å². The largest absolute Gasteiger partial charge is 0.478 e. The smallest absolute Gasteiger partial charge is 0.335 e. The zero-order valence-electron chi connectivity index (χ0n) is 14.9. The minimum absolute atomic E-state index is 0.158. The standard InChI is InChI=1S/C18H23N3O5/c1-3-4-9-18(2)16(25)21(17(26)20-18)11-14(22)19-10-12-5-7-13(8-6-12)15(23)24/h5-8H,3-4,9-11H2,1-2H3,(H,19,22)(H,20,26)(H,23,24). The Balaban J connectivity index is 1.90. The van der Waals surface area contributed by atoms with Crippen LogP contribution in [-0.2, 0) is 16.1 Å². The number of carbonyl (C=O) groups is 4. The van der Waals surface area contributed by atoms with Crippen molar-refractivity contribution in [3.63, 3.8) is 0 Å². The Labute approximate surface area is 151 Å². The maximum Gasteiger partial charge on any atom is 0.335 e. The third kappa shape index (κ3) is 4.38. The van der Waals surface area contributed by atoms with E-state index in [0.717, 1.165) is 17.7 Å². The van der Waals surface area contributed by atoms with Gasteiger partial charge in [-0.25, -0.2) is 9.59 Å². The fraction of sp³-hybridized carbons (Fsp3) is 0.444. The van der Waals surface area contributed by atoms with Crippen molar-refractivity contribution >= 4 is 23.8 Å². The lowest BCUT2D eigenvalue weighted by molar-refractivity contribution is -0.134. The molecule has 0 spiro atoms. The Hall–Kier alpha value is -2.90. The number of unbranched alkanes of at least 4 members (excludes halogenated alkanes) is 1. The van der Waals surface area contributed by atoms with Crippen LogP contribution in [0.25, 0.3) is 0 Å². The summed E-state index contributed by atoms with van der Waals surface area (Å²) in [5.41, 5.74) is -0.0841. The van der Waals surface area contributed by atoms with E-state index >= 15 is 0 Å². The second-order valence-electron chi connectivity index (χ2n) is 6.54. The van der Waals surface area contributed by atoms with Gasteiger partial charge in [-0.15, -0.1) is 0 Å². The minimum atomic E-state index is -1.02. The first kappa shape index (κ1) is 19.4. The number of urea groups is 1. The van der Waals surface area contributed by atoms with Crippen LogP contribution < -0.4 is 10.6 Å². The summed E-state index contributed by atoms with van der Waals surface area (Å²) >= 11 is 0. The van der Waals surface area contributed by atoms with Gasteiger partial charge in [0.1, 0.15) is 12.1 Å². The first-order valence-electron chi connectivity index (χ1n) is 8.50. The predicted molar refractivity (Wildman–Crippen MR) is 93.4 cm³/mol. The van der Waals surface area contributed by atoms with Crippen LogP contribution in [0, 0.1) is 0 Å². The second kappa shape index (κ2) is 7.99. The van der Waals surface area contributed by atoms with Gasteiger partial charge in [0.2, 0.25) is 5.91 Å². The monoisotopic (exact) mass is 361 g/mol. The number of carboxylic acid groups (broad SMARTS) is 1. The molecule has 1 aromatic rings. The number of nitrogens with zero attached hydrogens (tertiary/aromatic N) is 1. The van der Waals surface area contributed by atoms with E-state index in [2.05, 4.69) is 10.6 Å². The van der Waals surface area contributed by atoms with E-state index in [-0.39, 0.29) is 18.7 Å². The Morgan fingerprint density at radius 3 is 2.46 bits per heavy atom. The van der Waals surface area contributed by atoms with Gasteiger partial charge in [0.15, 0.2) is 0 Å². The highest BCUT2D eigenvalue weighted by Gasteiger charge is 2.47. The topological polar surface area (TPSA) is 116 Å². The van der Waals surface area contributed by atoms with Gasteiger partial charge in [-0.1, -0.05) is 31.9 Å². The Morgan fingerprint density at radius 2 is 1.88 bits per heavy atom. The van der Waals surface area contributed by atoms with Crippen molar-refractivity contribution in [2.24, 2.45) is 0 Å².